The molecule has 1 saturated carbocycles. The van der Waals surface area contributed by atoms with Gasteiger partial charge in [-0.25, -0.2) is 0 Å². The Labute approximate surface area is 133 Å². The minimum atomic E-state index is 0.0902. The summed E-state index contributed by atoms with van der Waals surface area (Å²) in [7, 11) is 2.11. The Morgan fingerprint density at radius 3 is 2.64 bits per heavy atom. The molecular formula is C18H27N3O. The minimum absolute atomic E-state index is 0.0902. The van der Waals surface area contributed by atoms with Gasteiger partial charge in [-0.2, -0.15) is 0 Å². The largest absolute Gasteiger partial charge is 0.373 e. The fourth-order valence-corrected chi connectivity index (χ4v) is 3.93. The van der Waals surface area contributed by atoms with E-state index in [1.54, 1.807) is 0 Å². The lowest BCUT2D eigenvalue weighted by Gasteiger charge is -2.32. The predicted octanol–water partition coefficient (Wildman–Crippen LogP) is 2.62. The summed E-state index contributed by atoms with van der Waals surface area (Å²) >= 11 is 0. The smallest absolute Gasteiger partial charge is 0.230 e. The van der Waals surface area contributed by atoms with Gasteiger partial charge in [0.25, 0.3) is 0 Å². The van der Waals surface area contributed by atoms with E-state index in [9.17, 15) is 4.79 Å². The number of hydrogen-bond acceptors (Lipinski definition) is 3. The van der Waals surface area contributed by atoms with Crippen LogP contribution in [0.4, 0.5) is 11.4 Å². The number of anilines is 2. The highest BCUT2D eigenvalue weighted by Crippen LogP contribution is 2.35. The summed E-state index contributed by atoms with van der Waals surface area (Å²) in [6.07, 6.45) is 3.94. The molecule has 3 unspecified atom stereocenters. The highest BCUT2D eigenvalue weighted by Gasteiger charge is 2.33. The van der Waals surface area contributed by atoms with E-state index in [0.717, 1.165) is 50.1 Å². The lowest BCUT2D eigenvalue weighted by molar-refractivity contribution is -0.123. The zero-order chi connectivity index (χ0) is 15.7. The first-order valence-corrected chi connectivity index (χ1v) is 8.43. The molecule has 1 aliphatic heterocycles. The van der Waals surface area contributed by atoms with Crippen molar-refractivity contribution in [2.24, 2.45) is 17.6 Å². The van der Waals surface area contributed by atoms with Gasteiger partial charge >= 0.3 is 0 Å². The molecule has 3 rings (SSSR count). The van der Waals surface area contributed by atoms with Crippen LogP contribution in [0.3, 0.4) is 0 Å². The quantitative estimate of drug-likeness (QED) is 0.867. The van der Waals surface area contributed by atoms with E-state index in [0.29, 0.717) is 5.92 Å². The van der Waals surface area contributed by atoms with Crippen LogP contribution in [-0.4, -0.2) is 32.1 Å². The van der Waals surface area contributed by atoms with E-state index in [4.69, 9.17) is 5.73 Å². The number of benzene rings is 1. The summed E-state index contributed by atoms with van der Waals surface area (Å²) in [5.74, 6) is 0.816. The summed E-state index contributed by atoms with van der Waals surface area (Å²) in [4.78, 5) is 17.4. The van der Waals surface area contributed by atoms with Crippen LogP contribution < -0.4 is 15.5 Å². The Hall–Kier alpha value is -1.55. The van der Waals surface area contributed by atoms with Crippen LogP contribution in [0.25, 0.3) is 0 Å². The van der Waals surface area contributed by atoms with Crippen molar-refractivity contribution >= 4 is 17.3 Å². The van der Waals surface area contributed by atoms with E-state index in [2.05, 4.69) is 31.0 Å². The molecule has 4 nitrogen and oxygen atoms in total. The van der Waals surface area contributed by atoms with E-state index in [1.807, 2.05) is 17.0 Å². The van der Waals surface area contributed by atoms with Gasteiger partial charge in [-0.1, -0.05) is 25.5 Å². The van der Waals surface area contributed by atoms with E-state index in [1.165, 1.54) is 0 Å². The van der Waals surface area contributed by atoms with Gasteiger partial charge in [-0.05, 0) is 37.3 Å². The second kappa shape index (κ2) is 6.29. The molecule has 1 fully saturated rings. The number of hydrogen-bond donors (Lipinski definition) is 1. The maximum Gasteiger partial charge on any atom is 0.230 e. The number of para-hydroxylation sites is 2. The van der Waals surface area contributed by atoms with Gasteiger partial charge in [-0.3, -0.25) is 4.79 Å². The van der Waals surface area contributed by atoms with Crippen molar-refractivity contribution in [1.82, 2.24) is 0 Å². The molecule has 2 N–H and O–H groups in total. The van der Waals surface area contributed by atoms with Crippen LogP contribution in [0.1, 0.15) is 32.6 Å². The van der Waals surface area contributed by atoms with Gasteiger partial charge in [0.1, 0.15) is 0 Å². The van der Waals surface area contributed by atoms with Crippen molar-refractivity contribution in [3.8, 4) is 0 Å². The van der Waals surface area contributed by atoms with Gasteiger partial charge in [0.2, 0.25) is 5.91 Å². The highest BCUT2D eigenvalue weighted by molar-refractivity contribution is 5.98. The number of rotatable bonds is 1. The zero-order valence-electron chi connectivity index (χ0n) is 13.7. The first-order valence-electron chi connectivity index (χ1n) is 8.43. The van der Waals surface area contributed by atoms with Gasteiger partial charge in [0.15, 0.2) is 0 Å². The number of fused-ring (bicyclic) bond motifs is 1. The van der Waals surface area contributed by atoms with Gasteiger partial charge < -0.3 is 15.5 Å². The molecule has 1 amide bonds. The minimum Gasteiger partial charge on any atom is -0.373 e. The van der Waals surface area contributed by atoms with Crippen LogP contribution in [0, 0.1) is 11.8 Å². The van der Waals surface area contributed by atoms with Crippen molar-refractivity contribution in [1.29, 1.82) is 0 Å². The highest BCUT2D eigenvalue weighted by atomic mass is 16.2. The molecule has 3 atom stereocenters. The lowest BCUT2D eigenvalue weighted by Crippen LogP contribution is -2.42. The number of carbonyl (C=O) groups is 1. The SMILES string of the molecule is CC1CN(C)c2ccccc2N(C(=O)C2CCCC(N)C2)C1. The molecule has 1 heterocycles. The topological polar surface area (TPSA) is 49.6 Å². The van der Waals surface area contributed by atoms with Crippen molar-refractivity contribution in [2.75, 3.05) is 29.9 Å². The van der Waals surface area contributed by atoms with Crippen LogP contribution >= 0.6 is 0 Å². The summed E-state index contributed by atoms with van der Waals surface area (Å²) in [6, 6.07) is 8.44. The van der Waals surface area contributed by atoms with Crippen molar-refractivity contribution in [3.05, 3.63) is 24.3 Å². The lowest BCUT2D eigenvalue weighted by atomic mass is 9.85. The van der Waals surface area contributed by atoms with E-state index in [-0.39, 0.29) is 17.9 Å². The molecule has 0 saturated heterocycles. The fraction of sp³-hybridized carbons (Fsp3) is 0.611. The summed E-state index contributed by atoms with van der Waals surface area (Å²) in [5.41, 5.74) is 8.30. The van der Waals surface area contributed by atoms with Crippen molar-refractivity contribution < 1.29 is 4.79 Å². The second-order valence-corrected chi connectivity index (χ2v) is 7.05. The molecule has 1 aromatic carbocycles. The molecule has 0 aromatic heterocycles. The van der Waals surface area contributed by atoms with Gasteiger partial charge in [-0.15, -0.1) is 0 Å². The first-order chi connectivity index (χ1) is 10.6. The number of nitrogens with zero attached hydrogens (tertiary/aromatic N) is 2. The Morgan fingerprint density at radius 1 is 1.18 bits per heavy atom. The Bertz CT molecular complexity index is 545. The predicted molar refractivity (Wildman–Crippen MR) is 91.2 cm³/mol. The molecule has 0 spiro atoms. The molecule has 1 aromatic rings. The Morgan fingerprint density at radius 2 is 1.91 bits per heavy atom. The third kappa shape index (κ3) is 2.98. The molecule has 4 heteroatoms. The van der Waals surface area contributed by atoms with Crippen LogP contribution in [-0.2, 0) is 4.79 Å². The fourth-order valence-electron chi connectivity index (χ4n) is 3.93. The molecule has 0 radical (unpaired) electrons. The van der Waals surface area contributed by atoms with E-state index < -0.39 is 0 Å². The summed E-state index contributed by atoms with van der Waals surface area (Å²) < 4.78 is 0. The third-order valence-electron chi connectivity index (χ3n) is 4.99. The molecule has 1 aliphatic carbocycles. The molecule has 22 heavy (non-hydrogen) atoms. The Kier molecular flexibility index (Phi) is 4.39. The summed E-state index contributed by atoms with van der Waals surface area (Å²) in [5, 5.41) is 0. The molecule has 120 valence electrons. The second-order valence-electron chi connectivity index (χ2n) is 7.05. The van der Waals surface area contributed by atoms with Crippen LogP contribution in [0.2, 0.25) is 0 Å². The maximum absolute atomic E-state index is 13.1. The monoisotopic (exact) mass is 301 g/mol. The van der Waals surface area contributed by atoms with Crippen molar-refractivity contribution in [3.63, 3.8) is 0 Å². The average Bonchev–Trinajstić information content (AvgIpc) is 2.63. The zero-order valence-corrected chi connectivity index (χ0v) is 13.7. The standard InChI is InChI=1S/C18H27N3O/c1-13-11-20(2)16-8-3-4-9-17(16)21(12-13)18(22)14-6-5-7-15(19)10-14/h3-4,8-9,13-15H,5-7,10-12,19H2,1-2H3. The number of nitrogens with two attached hydrogens (primary N) is 1. The van der Waals surface area contributed by atoms with Gasteiger partial charge in [0, 0.05) is 32.1 Å². The van der Waals surface area contributed by atoms with Gasteiger partial charge in [0.05, 0.1) is 11.4 Å². The Balaban J connectivity index is 1.90. The maximum atomic E-state index is 13.1. The first kappa shape index (κ1) is 15.3. The average molecular weight is 301 g/mol. The number of carbonyl (C=O) groups excluding carboxylic acids is 1. The van der Waals surface area contributed by atoms with Crippen LogP contribution in [0.5, 0.6) is 0 Å². The van der Waals surface area contributed by atoms with Crippen LogP contribution in [0.15, 0.2) is 24.3 Å². The third-order valence-corrected chi connectivity index (χ3v) is 4.99. The van der Waals surface area contributed by atoms with Crippen molar-refractivity contribution in [2.45, 2.75) is 38.6 Å². The molecule has 0 bridgehead atoms. The van der Waals surface area contributed by atoms with E-state index >= 15 is 0 Å². The number of amides is 1. The molecular weight excluding hydrogens is 274 g/mol. The normalized spacial score (nSPS) is 29.0. The summed E-state index contributed by atoms with van der Waals surface area (Å²) in [6.45, 7) is 3.99. The molecule has 2 aliphatic rings.